The summed E-state index contributed by atoms with van der Waals surface area (Å²) in [6, 6.07) is 12.9. The largest absolute Gasteiger partial charge is 0.388 e. The van der Waals surface area contributed by atoms with Gasteiger partial charge in [0, 0.05) is 21.9 Å². The number of ether oxygens (including phenoxy) is 1. The van der Waals surface area contributed by atoms with E-state index in [2.05, 4.69) is 0 Å². The second-order valence-electron chi connectivity index (χ2n) is 5.57. The van der Waals surface area contributed by atoms with Crippen LogP contribution in [0, 0.1) is 11.5 Å². The van der Waals surface area contributed by atoms with Gasteiger partial charge in [-0.3, -0.25) is 0 Å². The van der Waals surface area contributed by atoms with Crippen LogP contribution in [0.15, 0.2) is 42.5 Å². The van der Waals surface area contributed by atoms with Crippen LogP contribution >= 0.6 is 34.8 Å². The van der Waals surface area contributed by atoms with Crippen molar-refractivity contribution in [2.45, 2.75) is 23.6 Å². The summed E-state index contributed by atoms with van der Waals surface area (Å²) >= 11 is 18.9. The van der Waals surface area contributed by atoms with Gasteiger partial charge in [-0.05, 0) is 48.4 Å². The van der Waals surface area contributed by atoms with Crippen LogP contribution in [-0.4, -0.2) is 4.87 Å². The van der Waals surface area contributed by atoms with E-state index in [9.17, 15) is 0 Å². The molecule has 1 aliphatic carbocycles. The standard InChI is InChI=1S/C17H12Cl3NO/c1-17(20)15(10-2-4-14(5-3-10)22-9-21)16(17)11-6-12(18)8-13(19)7-11/h2-8,15-16H,1H3. The van der Waals surface area contributed by atoms with Crippen LogP contribution in [-0.2, 0) is 0 Å². The average molecular weight is 353 g/mol. The summed E-state index contributed by atoms with van der Waals surface area (Å²) < 4.78 is 4.79. The third-order valence-electron chi connectivity index (χ3n) is 4.09. The summed E-state index contributed by atoms with van der Waals surface area (Å²) in [4.78, 5) is -0.383. The molecule has 0 heterocycles. The predicted molar refractivity (Wildman–Crippen MR) is 88.9 cm³/mol. The van der Waals surface area contributed by atoms with E-state index >= 15 is 0 Å². The molecule has 2 aromatic carbocycles. The monoisotopic (exact) mass is 351 g/mol. The minimum atomic E-state index is -0.383. The van der Waals surface area contributed by atoms with Crippen molar-refractivity contribution in [1.29, 1.82) is 5.26 Å². The molecule has 0 amide bonds. The molecule has 0 aromatic heterocycles. The lowest BCUT2D eigenvalue weighted by atomic mass is 10.0. The fraction of sp³-hybridized carbons (Fsp3) is 0.235. The Balaban J connectivity index is 1.90. The van der Waals surface area contributed by atoms with E-state index < -0.39 is 0 Å². The lowest BCUT2D eigenvalue weighted by Crippen LogP contribution is -1.95. The zero-order chi connectivity index (χ0) is 15.9. The number of alkyl halides is 1. The molecule has 0 spiro atoms. The summed E-state index contributed by atoms with van der Waals surface area (Å²) in [6.07, 6.45) is 1.66. The van der Waals surface area contributed by atoms with Crippen molar-refractivity contribution >= 4 is 34.8 Å². The number of nitrogens with zero attached hydrogens (tertiary/aromatic N) is 1. The highest BCUT2D eigenvalue weighted by Gasteiger charge is 2.61. The number of nitriles is 1. The van der Waals surface area contributed by atoms with Gasteiger partial charge in [-0.1, -0.05) is 35.3 Å². The van der Waals surface area contributed by atoms with Crippen LogP contribution in [0.4, 0.5) is 0 Å². The Morgan fingerprint density at radius 2 is 1.55 bits per heavy atom. The highest BCUT2D eigenvalue weighted by atomic mass is 35.5. The topological polar surface area (TPSA) is 33.0 Å². The van der Waals surface area contributed by atoms with E-state index in [1.807, 2.05) is 31.2 Å². The summed E-state index contributed by atoms with van der Waals surface area (Å²) in [5, 5.41) is 9.74. The molecule has 0 bridgehead atoms. The van der Waals surface area contributed by atoms with Gasteiger partial charge >= 0.3 is 0 Å². The van der Waals surface area contributed by atoms with Gasteiger partial charge in [0.25, 0.3) is 6.26 Å². The summed E-state index contributed by atoms with van der Waals surface area (Å²) in [5.41, 5.74) is 2.14. The van der Waals surface area contributed by atoms with Crippen molar-refractivity contribution in [3.63, 3.8) is 0 Å². The van der Waals surface area contributed by atoms with Gasteiger partial charge in [-0.2, -0.15) is 0 Å². The van der Waals surface area contributed by atoms with E-state index in [0.717, 1.165) is 11.1 Å². The normalized spacial score (nSPS) is 26.3. The Kier molecular flexibility index (Phi) is 3.99. The molecule has 2 aromatic rings. The van der Waals surface area contributed by atoms with Crippen molar-refractivity contribution in [2.24, 2.45) is 0 Å². The molecule has 2 nitrogen and oxygen atoms in total. The molecule has 1 aliphatic rings. The van der Waals surface area contributed by atoms with Gasteiger partial charge in [-0.15, -0.1) is 16.9 Å². The molecular formula is C17H12Cl3NO. The summed E-state index contributed by atoms with van der Waals surface area (Å²) in [6.45, 7) is 2.01. The van der Waals surface area contributed by atoms with E-state index in [1.54, 1.807) is 24.5 Å². The van der Waals surface area contributed by atoms with Gasteiger partial charge < -0.3 is 4.74 Å². The Morgan fingerprint density at radius 3 is 2.09 bits per heavy atom. The van der Waals surface area contributed by atoms with E-state index in [1.165, 1.54) is 0 Å². The summed E-state index contributed by atoms with van der Waals surface area (Å²) in [5.74, 6) is 0.832. The molecule has 1 saturated carbocycles. The highest BCUT2D eigenvalue weighted by Crippen LogP contribution is 2.67. The first-order valence-corrected chi connectivity index (χ1v) is 7.87. The van der Waals surface area contributed by atoms with Gasteiger partial charge in [0.1, 0.15) is 5.75 Å². The van der Waals surface area contributed by atoms with Crippen LogP contribution < -0.4 is 4.74 Å². The Hall–Kier alpha value is -1.40. The maximum atomic E-state index is 8.52. The van der Waals surface area contributed by atoms with Crippen LogP contribution in [0.25, 0.3) is 0 Å². The number of hydrogen-bond donors (Lipinski definition) is 0. The molecule has 3 unspecified atom stereocenters. The van der Waals surface area contributed by atoms with Crippen LogP contribution in [0.1, 0.15) is 29.9 Å². The first-order chi connectivity index (χ1) is 10.4. The van der Waals surface area contributed by atoms with Crippen molar-refractivity contribution in [2.75, 3.05) is 0 Å². The Bertz CT molecular complexity index is 729. The number of benzene rings is 2. The molecule has 0 radical (unpaired) electrons. The molecule has 112 valence electrons. The van der Waals surface area contributed by atoms with Crippen LogP contribution in [0.5, 0.6) is 5.75 Å². The summed E-state index contributed by atoms with van der Waals surface area (Å²) in [7, 11) is 0. The average Bonchev–Trinajstić information content (AvgIpc) is 3.02. The molecule has 0 aliphatic heterocycles. The Labute approximate surface area is 144 Å². The van der Waals surface area contributed by atoms with Gasteiger partial charge in [0.05, 0.1) is 4.87 Å². The molecule has 0 N–H and O–H groups in total. The fourth-order valence-electron chi connectivity index (χ4n) is 3.07. The highest BCUT2D eigenvalue weighted by molar-refractivity contribution is 6.34. The SMILES string of the molecule is CC1(Cl)C(c2ccc(OC#N)cc2)C1c1cc(Cl)cc(Cl)c1. The molecular weight excluding hydrogens is 341 g/mol. The Morgan fingerprint density at radius 1 is 1.00 bits per heavy atom. The van der Waals surface area contributed by atoms with Crippen molar-refractivity contribution < 1.29 is 4.74 Å². The van der Waals surface area contributed by atoms with E-state index in [0.29, 0.717) is 15.8 Å². The number of hydrogen-bond acceptors (Lipinski definition) is 2. The zero-order valence-corrected chi connectivity index (χ0v) is 14.0. The minimum absolute atomic E-state index is 0.146. The molecule has 1 fully saturated rings. The molecule has 0 saturated heterocycles. The molecule has 22 heavy (non-hydrogen) atoms. The van der Waals surface area contributed by atoms with Crippen molar-refractivity contribution in [3.05, 3.63) is 63.6 Å². The predicted octanol–water partition coefficient (Wildman–Crippen LogP) is 5.73. The fourth-order valence-corrected chi connectivity index (χ4v) is 4.05. The second kappa shape index (κ2) is 5.66. The van der Waals surface area contributed by atoms with Gasteiger partial charge in [0.15, 0.2) is 0 Å². The van der Waals surface area contributed by atoms with Crippen molar-refractivity contribution in [3.8, 4) is 12.0 Å². The smallest absolute Gasteiger partial charge is 0.292 e. The van der Waals surface area contributed by atoms with Gasteiger partial charge in [0.2, 0.25) is 0 Å². The lowest BCUT2D eigenvalue weighted by Gasteiger charge is -2.03. The molecule has 3 rings (SSSR count). The maximum absolute atomic E-state index is 8.52. The second-order valence-corrected chi connectivity index (χ2v) is 7.26. The first kappa shape index (κ1) is 15.5. The maximum Gasteiger partial charge on any atom is 0.292 e. The van der Waals surface area contributed by atoms with Crippen molar-refractivity contribution in [1.82, 2.24) is 0 Å². The van der Waals surface area contributed by atoms with Gasteiger partial charge in [-0.25, -0.2) is 0 Å². The van der Waals surface area contributed by atoms with E-state index in [4.69, 9.17) is 44.8 Å². The first-order valence-electron chi connectivity index (χ1n) is 6.74. The minimum Gasteiger partial charge on any atom is -0.388 e. The lowest BCUT2D eigenvalue weighted by molar-refractivity contribution is 0.507. The van der Waals surface area contributed by atoms with Crippen LogP contribution in [0.3, 0.4) is 0 Å². The quantitative estimate of drug-likeness (QED) is 0.522. The van der Waals surface area contributed by atoms with Crippen LogP contribution in [0.2, 0.25) is 10.0 Å². The third-order valence-corrected chi connectivity index (χ3v) is 4.99. The zero-order valence-electron chi connectivity index (χ0n) is 11.7. The number of rotatable bonds is 3. The molecule has 3 atom stereocenters. The third kappa shape index (κ3) is 2.77. The molecule has 5 heteroatoms. The number of halogens is 3. The van der Waals surface area contributed by atoms with E-state index in [-0.39, 0.29) is 16.7 Å².